The maximum atomic E-state index is 12.8. The van der Waals surface area contributed by atoms with Gasteiger partial charge in [-0.05, 0) is 31.5 Å². The molecule has 0 saturated carbocycles. The zero-order chi connectivity index (χ0) is 14.8. The van der Waals surface area contributed by atoms with Crippen LogP contribution in [0.25, 0.3) is 0 Å². The van der Waals surface area contributed by atoms with Crippen molar-refractivity contribution >= 4 is 5.78 Å². The van der Waals surface area contributed by atoms with Crippen LogP contribution in [-0.2, 0) is 4.74 Å². The van der Waals surface area contributed by atoms with Crippen molar-refractivity contribution in [3.05, 3.63) is 64.7 Å². The van der Waals surface area contributed by atoms with E-state index >= 15 is 0 Å². The van der Waals surface area contributed by atoms with Gasteiger partial charge in [0.1, 0.15) is 18.5 Å². The molecule has 3 heteroatoms. The van der Waals surface area contributed by atoms with E-state index in [9.17, 15) is 4.79 Å². The Balaban J connectivity index is 1.93. The molecule has 108 valence electrons. The number of ether oxygens (including phenoxy) is 2. The smallest absolute Gasteiger partial charge is 0.197 e. The number of epoxide rings is 1. The number of aryl methyl sites for hydroxylation is 2. The summed E-state index contributed by atoms with van der Waals surface area (Å²) in [7, 11) is 0. The first-order valence-corrected chi connectivity index (χ1v) is 7.10. The van der Waals surface area contributed by atoms with Crippen LogP contribution >= 0.6 is 0 Å². The van der Waals surface area contributed by atoms with Crippen molar-refractivity contribution in [3.8, 4) is 5.75 Å². The Morgan fingerprint density at radius 3 is 2.67 bits per heavy atom. The van der Waals surface area contributed by atoms with Gasteiger partial charge in [0.05, 0.1) is 12.2 Å². The first kappa shape index (κ1) is 13.8. The van der Waals surface area contributed by atoms with Gasteiger partial charge in [-0.2, -0.15) is 0 Å². The molecule has 1 saturated heterocycles. The average molecular weight is 282 g/mol. The average Bonchev–Trinajstić information content (AvgIpc) is 3.30. The lowest BCUT2D eigenvalue weighted by Crippen LogP contribution is -2.10. The molecule has 0 N–H and O–H groups in total. The van der Waals surface area contributed by atoms with Gasteiger partial charge in [0, 0.05) is 5.56 Å². The van der Waals surface area contributed by atoms with E-state index in [1.54, 1.807) is 0 Å². The molecule has 0 bridgehead atoms. The number of ketones is 1. The van der Waals surface area contributed by atoms with Crippen LogP contribution in [-0.4, -0.2) is 25.1 Å². The molecule has 3 rings (SSSR count). The molecule has 0 aromatic heterocycles. The number of benzene rings is 2. The molecule has 0 aliphatic carbocycles. The van der Waals surface area contributed by atoms with E-state index in [-0.39, 0.29) is 11.9 Å². The van der Waals surface area contributed by atoms with Crippen molar-refractivity contribution in [2.75, 3.05) is 13.2 Å². The van der Waals surface area contributed by atoms with Gasteiger partial charge in [-0.25, -0.2) is 0 Å². The van der Waals surface area contributed by atoms with E-state index < -0.39 is 0 Å². The number of rotatable bonds is 5. The van der Waals surface area contributed by atoms with Crippen LogP contribution in [0, 0.1) is 13.8 Å². The largest absolute Gasteiger partial charge is 0.490 e. The lowest BCUT2D eigenvalue weighted by molar-refractivity contribution is 0.103. The van der Waals surface area contributed by atoms with E-state index in [2.05, 4.69) is 0 Å². The maximum absolute atomic E-state index is 12.8. The predicted molar refractivity (Wildman–Crippen MR) is 81.0 cm³/mol. The number of hydrogen-bond donors (Lipinski definition) is 0. The van der Waals surface area contributed by atoms with Crippen molar-refractivity contribution in [2.45, 2.75) is 20.0 Å². The van der Waals surface area contributed by atoms with E-state index in [4.69, 9.17) is 9.47 Å². The summed E-state index contributed by atoms with van der Waals surface area (Å²) in [5.41, 5.74) is 3.35. The Bertz CT molecular complexity index is 672. The highest BCUT2D eigenvalue weighted by Gasteiger charge is 2.24. The molecule has 3 nitrogen and oxygen atoms in total. The molecule has 21 heavy (non-hydrogen) atoms. The molecule has 0 radical (unpaired) electrons. The number of carbonyl (C=O) groups excluding carboxylic acids is 1. The second-order valence-corrected chi connectivity index (χ2v) is 5.41. The zero-order valence-electron chi connectivity index (χ0n) is 12.3. The van der Waals surface area contributed by atoms with Crippen LogP contribution in [0.5, 0.6) is 5.75 Å². The van der Waals surface area contributed by atoms with Crippen molar-refractivity contribution in [1.29, 1.82) is 0 Å². The van der Waals surface area contributed by atoms with Crippen molar-refractivity contribution in [1.82, 2.24) is 0 Å². The van der Waals surface area contributed by atoms with Crippen LogP contribution in [0.15, 0.2) is 42.5 Å². The molecule has 1 aliphatic heterocycles. The van der Waals surface area contributed by atoms with Gasteiger partial charge in [0.2, 0.25) is 0 Å². The van der Waals surface area contributed by atoms with Crippen LogP contribution in [0.2, 0.25) is 0 Å². The first-order chi connectivity index (χ1) is 10.1. The SMILES string of the molecule is Cc1ccc(OCC2CO2)c(C(=O)c2ccccc2C)c1. The number of carbonyl (C=O) groups is 1. The predicted octanol–water partition coefficient (Wildman–Crippen LogP) is 3.31. The van der Waals surface area contributed by atoms with Gasteiger partial charge in [-0.1, -0.05) is 35.9 Å². The van der Waals surface area contributed by atoms with Gasteiger partial charge in [0.15, 0.2) is 5.78 Å². The summed E-state index contributed by atoms with van der Waals surface area (Å²) < 4.78 is 10.9. The minimum Gasteiger partial charge on any atom is -0.490 e. The van der Waals surface area contributed by atoms with E-state index in [0.29, 0.717) is 17.9 Å². The maximum Gasteiger partial charge on any atom is 0.197 e. The van der Waals surface area contributed by atoms with Crippen molar-refractivity contribution in [2.24, 2.45) is 0 Å². The molecule has 0 spiro atoms. The summed E-state index contributed by atoms with van der Waals surface area (Å²) in [4.78, 5) is 12.8. The third-order valence-corrected chi connectivity index (χ3v) is 3.60. The fourth-order valence-electron chi connectivity index (χ4n) is 2.27. The Hall–Kier alpha value is -2.13. The normalized spacial score (nSPS) is 16.6. The lowest BCUT2D eigenvalue weighted by atomic mass is 9.97. The number of hydrogen-bond acceptors (Lipinski definition) is 3. The minimum atomic E-state index is 0.00325. The topological polar surface area (TPSA) is 38.8 Å². The fourth-order valence-corrected chi connectivity index (χ4v) is 2.27. The zero-order valence-corrected chi connectivity index (χ0v) is 12.3. The summed E-state index contributed by atoms with van der Waals surface area (Å²) in [6.07, 6.45) is 0.174. The third kappa shape index (κ3) is 3.14. The second-order valence-electron chi connectivity index (χ2n) is 5.41. The molecular weight excluding hydrogens is 264 g/mol. The molecule has 0 amide bonds. The van der Waals surface area contributed by atoms with Crippen molar-refractivity contribution < 1.29 is 14.3 Å². The quantitative estimate of drug-likeness (QED) is 0.624. The molecule has 1 heterocycles. The van der Waals surface area contributed by atoms with E-state index in [1.165, 1.54) is 0 Å². The van der Waals surface area contributed by atoms with Crippen LogP contribution in [0.3, 0.4) is 0 Å². The monoisotopic (exact) mass is 282 g/mol. The standard InChI is InChI=1S/C18H18O3/c1-12-7-8-17(21-11-14-10-20-14)16(9-12)18(19)15-6-4-3-5-13(15)2/h3-9,14H,10-11H2,1-2H3. The summed E-state index contributed by atoms with van der Waals surface area (Å²) in [5.74, 6) is 0.632. The minimum absolute atomic E-state index is 0.00325. The lowest BCUT2D eigenvalue weighted by Gasteiger charge is -2.12. The molecule has 2 aromatic rings. The van der Waals surface area contributed by atoms with Crippen LogP contribution in [0.1, 0.15) is 27.0 Å². The summed E-state index contributed by atoms with van der Waals surface area (Å²) in [6, 6.07) is 13.3. The Morgan fingerprint density at radius 2 is 1.95 bits per heavy atom. The molecule has 2 aromatic carbocycles. The van der Waals surface area contributed by atoms with Gasteiger partial charge >= 0.3 is 0 Å². The highest BCUT2D eigenvalue weighted by molar-refractivity contribution is 6.11. The summed E-state index contributed by atoms with van der Waals surface area (Å²) in [5, 5.41) is 0. The first-order valence-electron chi connectivity index (χ1n) is 7.10. The Kier molecular flexibility index (Phi) is 3.76. The van der Waals surface area contributed by atoms with Gasteiger partial charge < -0.3 is 9.47 Å². The highest BCUT2D eigenvalue weighted by atomic mass is 16.6. The fraction of sp³-hybridized carbons (Fsp3) is 0.278. The molecule has 1 fully saturated rings. The molecule has 1 atom stereocenters. The van der Waals surface area contributed by atoms with E-state index in [1.807, 2.05) is 56.3 Å². The van der Waals surface area contributed by atoms with Crippen LogP contribution in [0.4, 0.5) is 0 Å². The van der Waals surface area contributed by atoms with Crippen LogP contribution < -0.4 is 4.74 Å². The summed E-state index contributed by atoms with van der Waals surface area (Å²) in [6.45, 7) is 5.16. The van der Waals surface area contributed by atoms with Gasteiger partial charge in [0.25, 0.3) is 0 Å². The van der Waals surface area contributed by atoms with Gasteiger partial charge in [-0.3, -0.25) is 4.79 Å². The van der Waals surface area contributed by atoms with Gasteiger partial charge in [-0.15, -0.1) is 0 Å². The Morgan fingerprint density at radius 1 is 1.19 bits per heavy atom. The van der Waals surface area contributed by atoms with Crippen molar-refractivity contribution in [3.63, 3.8) is 0 Å². The van der Waals surface area contributed by atoms with E-state index in [0.717, 1.165) is 23.3 Å². The summed E-state index contributed by atoms with van der Waals surface area (Å²) >= 11 is 0. The third-order valence-electron chi connectivity index (χ3n) is 3.60. The molecular formula is C18H18O3. The second kappa shape index (κ2) is 5.70. The highest BCUT2D eigenvalue weighted by Crippen LogP contribution is 2.25. The molecule has 1 unspecified atom stereocenters. The molecule has 1 aliphatic rings. The Labute approximate surface area is 124 Å².